The first kappa shape index (κ1) is 10.0. The molecule has 3 rings (SSSR count). The van der Waals surface area contributed by atoms with Gasteiger partial charge in [-0.1, -0.05) is 6.07 Å². The van der Waals surface area contributed by atoms with E-state index in [1.54, 1.807) is 23.4 Å². The van der Waals surface area contributed by atoms with Crippen molar-refractivity contribution in [1.82, 2.24) is 19.7 Å². The molecule has 5 heteroatoms. The molecule has 2 aromatic heterocycles. The van der Waals surface area contributed by atoms with Crippen LogP contribution >= 0.6 is 0 Å². The third kappa shape index (κ3) is 1.80. The van der Waals surface area contributed by atoms with Crippen LogP contribution < -0.4 is 0 Å². The van der Waals surface area contributed by atoms with Crippen molar-refractivity contribution in [1.29, 1.82) is 0 Å². The van der Waals surface area contributed by atoms with Gasteiger partial charge in [0.15, 0.2) is 0 Å². The van der Waals surface area contributed by atoms with Gasteiger partial charge in [-0.3, -0.25) is 14.5 Å². The van der Waals surface area contributed by atoms with Crippen LogP contribution in [-0.2, 0) is 13.1 Å². The highest BCUT2D eigenvalue weighted by Crippen LogP contribution is 2.13. The van der Waals surface area contributed by atoms with Crippen LogP contribution in [0.25, 0.3) is 0 Å². The molecule has 2 aromatic rings. The Bertz CT molecular complexity index is 534. The molecule has 1 amide bonds. The highest BCUT2D eigenvalue weighted by molar-refractivity contribution is 5.92. The van der Waals surface area contributed by atoms with Crippen molar-refractivity contribution in [3.63, 3.8) is 0 Å². The van der Waals surface area contributed by atoms with E-state index in [-0.39, 0.29) is 5.91 Å². The predicted molar refractivity (Wildman–Crippen MR) is 61.2 cm³/mol. The highest BCUT2D eigenvalue weighted by Gasteiger charge is 2.22. The summed E-state index contributed by atoms with van der Waals surface area (Å²) in [6, 6.07) is 7.32. The number of aromatic nitrogens is 3. The quantitative estimate of drug-likeness (QED) is 0.729. The highest BCUT2D eigenvalue weighted by atomic mass is 16.2. The molecule has 0 saturated carbocycles. The van der Waals surface area contributed by atoms with Crippen LogP contribution in [0.2, 0.25) is 0 Å². The lowest BCUT2D eigenvalue weighted by Crippen LogP contribution is -2.38. The summed E-state index contributed by atoms with van der Waals surface area (Å²) in [5, 5.41) is 4.19. The second-order valence-corrected chi connectivity index (χ2v) is 3.99. The van der Waals surface area contributed by atoms with E-state index in [0.717, 1.165) is 12.2 Å². The van der Waals surface area contributed by atoms with Crippen LogP contribution in [0.3, 0.4) is 0 Å². The Labute approximate surface area is 98.7 Å². The average Bonchev–Trinajstić information content (AvgIpc) is 2.86. The van der Waals surface area contributed by atoms with Gasteiger partial charge in [0.1, 0.15) is 5.69 Å². The maximum absolute atomic E-state index is 12.2. The molecule has 86 valence electrons. The Hall–Kier alpha value is -2.17. The molecule has 1 aliphatic rings. The van der Waals surface area contributed by atoms with Gasteiger partial charge in [-0.05, 0) is 18.2 Å². The number of pyridine rings is 1. The average molecular weight is 228 g/mol. The van der Waals surface area contributed by atoms with Crippen LogP contribution in [0.1, 0.15) is 16.2 Å². The van der Waals surface area contributed by atoms with Gasteiger partial charge < -0.3 is 4.90 Å². The Kier molecular flexibility index (Phi) is 2.36. The molecule has 0 saturated heterocycles. The van der Waals surface area contributed by atoms with Gasteiger partial charge in [0.05, 0.1) is 18.8 Å². The molecule has 0 spiro atoms. The summed E-state index contributed by atoms with van der Waals surface area (Å²) in [5.74, 6) is -0.0157. The Morgan fingerprint density at radius 3 is 2.94 bits per heavy atom. The molecular weight excluding hydrogens is 216 g/mol. The minimum absolute atomic E-state index is 0.0157. The molecule has 0 aromatic carbocycles. The lowest BCUT2D eigenvalue weighted by molar-refractivity contribution is 0.0700. The summed E-state index contributed by atoms with van der Waals surface area (Å²) in [6.45, 7) is 2.04. The van der Waals surface area contributed by atoms with Crippen molar-refractivity contribution in [2.24, 2.45) is 0 Å². The zero-order valence-electron chi connectivity index (χ0n) is 9.28. The Morgan fingerprint density at radius 2 is 2.12 bits per heavy atom. The fourth-order valence-electron chi connectivity index (χ4n) is 2.01. The van der Waals surface area contributed by atoms with Gasteiger partial charge in [-0.25, -0.2) is 0 Å². The molecule has 0 N–H and O–H groups in total. The molecule has 0 aliphatic carbocycles. The largest absolute Gasteiger partial charge is 0.330 e. The fourth-order valence-corrected chi connectivity index (χ4v) is 2.01. The van der Waals surface area contributed by atoms with E-state index in [9.17, 15) is 4.79 Å². The molecule has 0 atom stereocenters. The van der Waals surface area contributed by atoms with Gasteiger partial charge in [0.25, 0.3) is 5.91 Å². The first-order chi connectivity index (χ1) is 8.34. The van der Waals surface area contributed by atoms with Gasteiger partial charge in [-0.15, -0.1) is 0 Å². The number of rotatable bonds is 1. The van der Waals surface area contributed by atoms with Crippen molar-refractivity contribution in [3.8, 4) is 0 Å². The Morgan fingerprint density at radius 1 is 1.18 bits per heavy atom. The van der Waals surface area contributed by atoms with Crippen LogP contribution in [0.4, 0.5) is 0 Å². The molecule has 5 nitrogen and oxygen atoms in total. The van der Waals surface area contributed by atoms with Crippen molar-refractivity contribution in [2.45, 2.75) is 13.1 Å². The number of amides is 1. The van der Waals surface area contributed by atoms with Crippen molar-refractivity contribution in [2.75, 3.05) is 6.54 Å². The molecule has 0 radical (unpaired) electrons. The SMILES string of the molecule is O=C(c1ccccn1)N1CCn2nccc2C1. The maximum Gasteiger partial charge on any atom is 0.272 e. The molecule has 1 aliphatic heterocycles. The van der Waals surface area contributed by atoms with E-state index in [0.29, 0.717) is 18.8 Å². The first-order valence-corrected chi connectivity index (χ1v) is 5.55. The van der Waals surface area contributed by atoms with E-state index in [2.05, 4.69) is 10.1 Å². The van der Waals surface area contributed by atoms with Gasteiger partial charge in [0.2, 0.25) is 0 Å². The molecule has 17 heavy (non-hydrogen) atoms. The smallest absolute Gasteiger partial charge is 0.272 e. The molecule has 0 unspecified atom stereocenters. The van der Waals surface area contributed by atoms with Gasteiger partial charge in [0, 0.05) is 18.9 Å². The standard InChI is InChI=1S/C12H12N4O/c17-12(11-3-1-2-5-13-11)15-7-8-16-10(9-15)4-6-14-16/h1-6H,7-9H2. The summed E-state index contributed by atoms with van der Waals surface area (Å²) >= 11 is 0. The number of nitrogens with zero attached hydrogens (tertiary/aromatic N) is 4. The van der Waals surface area contributed by atoms with E-state index < -0.39 is 0 Å². The number of hydrogen-bond acceptors (Lipinski definition) is 3. The summed E-state index contributed by atoms with van der Waals surface area (Å²) in [7, 11) is 0. The lowest BCUT2D eigenvalue weighted by Gasteiger charge is -2.27. The second kappa shape index (κ2) is 4.01. The van der Waals surface area contributed by atoms with Crippen LogP contribution in [-0.4, -0.2) is 32.1 Å². The number of hydrogen-bond donors (Lipinski definition) is 0. The number of carbonyl (C=O) groups excluding carboxylic acids is 1. The maximum atomic E-state index is 12.2. The zero-order chi connectivity index (χ0) is 11.7. The zero-order valence-corrected chi connectivity index (χ0v) is 9.28. The molecule has 3 heterocycles. The van der Waals surface area contributed by atoms with E-state index in [1.165, 1.54) is 0 Å². The number of fused-ring (bicyclic) bond motifs is 1. The normalized spacial score (nSPS) is 14.5. The van der Waals surface area contributed by atoms with E-state index in [1.807, 2.05) is 22.9 Å². The monoisotopic (exact) mass is 228 g/mol. The van der Waals surface area contributed by atoms with Gasteiger partial charge in [-0.2, -0.15) is 5.10 Å². The van der Waals surface area contributed by atoms with Crippen molar-refractivity contribution in [3.05, 3.63) is 48.0 Å². The van der Waals surface area contributed by atoms with E-state index >= 15 is 0 Å². The van der Waals surface area contributed by atoms with Crippen LogP contribution in [0.15, 0.2) is 36.7 Å². The number of carbonyl (C=O) groups is 1. The molecule has 0 fully saturated rings. The topological polar surface area (TPSA) is 51.0 Å². The third-order valence-electron chi connectivity index (χ3n) is 2.91. The van der Waals surface area contributed by atoms with E-state index in [4.69, 9.17) is 0 Å². The lowest BCUT2D eigenvalue weighted by atomic mass is 10.2. The molecular formula is C12H12N4O. The minimum atomic E-state index is -0.0157. The fraction of sp³-hybridized carbons (Fsp3) is 0.250. The summed E-state index contributed by atoms with van der Waals surface area (Å²) in [4.78, 5) is 18.1. The summed E-state index contributed by atoms with van der Waals surface area (Å²) < 4.78 is 1.93. The Balaban J connectivity index is 1.81. The predicted octanol–water partition coefficient (Wildman–Crippen LogP) is 0.934. The van der Waals surface area contributed by atoms with Crippen LogP contribution in [0, 0.1) is 0 Å². The molecule has 0 bridgehead atoms. The van der Waals surface area contributed by atoms with Crippen molar-refractivity contribution < 1.29 is 4.79 Å². The third-order valence-corrected chi connectivity index (χ3v) is 2.91. The summed E-state index contributed by atoms with van der Waals surface area (Å²) in [6.07, 6.45) is 3.41. The first-order valence-electron chi connectivity index (χ1n) is 5.55. The van der Waals surface area contributed by atoms with Gasteiger partial charge >= 0.3 is 0 Å². The summed E-state index contributed by atoms with van der Waals surface area (Å²) in [5.41, 5.74) is 1.57. The van der Waals surface area contributed by atoms with Crippen LogP contribution in [0.5, 0.6) is 0 Å². The van der Waals surface area contributed by atoms with Crippen molar-refractivity contribution >= 4 is 5.91 Å². The minimum Gasteiger partial charge on any atom is -0.330 e. The second-order valence-electron chi connectivity index (χ2n) is 3.99.